The van der Waals surface area contributed by atoms with Gasteiger partial charge in [-0.1, -0.05) is 0 Å². The molecule has 6 heteroatoms. The molecule has 1 fully saturated rings. The van der Waals surface area contributed by atoms with Crippen LogP contribution in [0.1, 0.15) is 16.9 Å². The minimum Gasteiger partial charge on any atom is -0.487 e. The van der Waals surface area contributed by atoms with Gasteiger partial charge in [0, 0.05) is 13.6 Å². The summed E-state index contributed by atoms with van der Waals surface area (Å²) in [6, 6.07) is 3.44. The maximum Gasteiger partial charge on any atom is 0.269 e. The Kier molecular flexibility index (Phi) is 5.18. The predicted octanol–water partition coefficient (Wildman–Crippen LogP) is 0.604. The average molecular weight is 258 g/mol. The molecule has 0 spiro atoms. The third-order valence-corrected chi connectivity index (χ3v) is 2.51. The SMILES string of the molecule is CNC(=O)c1ccc(O[C@@H]2CCNC2)cn1.Cl. The molecule has 0 aromatic carbocycles. The van der Waals surface area contributed by atoms with Crippen LogP contribution >= 0.6 is 12.4 Å². The van der Waals surface area contributed by atoms with Gasteiger partial charge in [0.1, 0.15) is 17.5 Å². The Bertz CT molecular complexity index is 363. The van der Waals surface area contributed by atoms with Crippen LogP contribution in [0.15, 0.2) is 18.3 Å². The number of aromatic nitrogens is 1. The zero-order chi connectivity index (χ0) is 11.4. The van der Waals surface area contributed by atoms with Crippen molar-refractivity contribution in [1.29, 1.82) is 0 Å². The van der Waals surface area contributed by atoms with Gasteiger partial charge >= 0.3 is 0 Å². The van der Waals surface area contributed by atoms with Crippen molar-refractivity contribution in [2.24, 2.45) is 0 Å². The number of rotatable bonds is 3. The Hall–Kier alpha value is -1.33. The van der Waals surface area contributed by atoms with Crippen LogP contribution in [-0.2, 0) is 0 Å². The number of pyridine rings is 1. The molecule has 1 aromatic heterocycles. The predicted molar refractivity (Wildman–Crippen MR) is 66.8 cm³/mol. The number of halogens is 1. The van der Waals surface area contributed by atoms with Gasteiger partial charge in [-0.05, 0) is 25.1 Å². The van der Waals surface area contributed by atoms with E-state index < -0.39 is 0 Å². The van der Waals surface area contributed by atoms with Crippen LogP contribution in [0.2, 0.25) is 0 Å². The summed E-state index contributed by atoms with van der Waals surface area (Å²) in [6.45, 7) is 1.87. The highest BCUT2D eigenvalue weighted by Crippen LogP contribution is 2.14. The van der Waals surface area contributed by atoms with Gasteiger partial charge in [0.2, 0.25) is 0 Å². The van der Waals surface area contributed by atoms with Crippen molar-refractivity contribution in [3.8, 4) is 5.75 Å². The maximum atomic E-state index is 11.2. The van der Waals surface area contributed by atoms with Crippen LogP contribution in [0.3, 0.4) is 0 Å². The first kappa shape index (κ1) is 13.7. The number of nitrogens with one attached hydrogen (secondary N) is 2. The summed E-state index contributed by atoms with van der Waals surface area (Å²) in [7, 11) is 1.58. The van der Waals surface area contributed by atoms with Gasteiger partial charge in [-0.3, -0.25) is 4.79 Å². The van der Waals surface area contributed by atoms with Crippen LogP contribution in [0.5, 0.6) is 5.75 Å². The highest BCUT2D eigenvalue weighted by Gasteiger charge is 2.16. The van der Waals surface area contributed by atoms with Crippen molar-refractivity contribution >= 4 is 18.3 Å². The minimum atomic E-state index is -0.186. The van der Waals surface area contributed by atoms with E-state index in [2.05, 4.69) is 15.6 Å². The summed E-state index contributed by atoms with van der Waals surface area (Å²) in [5.41, 5.74) is 0.402. The first-order valence-electron chi connectivity index (χ1n) is 5.35. The lowest BCUT2D eigenvalue weighted by atomic mass is 10.3. The van der Waals surface area contributed by atoms with Crippen LogP contribution in [-0.4, -0.2) is 37.1 Å². The summed E-state index contributed by atoms with van der Waals surface area (Å²) in [4.78, 5) is 15.3. The van der Waals surface area contributed by atoms with E-state index in [1.807, 2.05) is 0 Å². The lowest BCUT2D eigenvalue weighted by Gasteiger charge is -2.11. The van der Waals surface area contributed by atoms with Gasteiger partial charge in [0.05, 0.1) is 6.20 Å². The van der Waals surface area contributed by atoms with Crippen LogP contribution < -0.4 is 15.4 Å². The number of carbonyl (C=O) groups excluding carboxylic acids is 1. The molecule has 2 heterocycles. The topological polar surface area (TPSA) is 63.2 Å². The van der Waals surface area contributed by atoms with Crippen molar-refractivity contribution in [1.82, 2.24) is 15.6 Å². The second kappa shape index (κ2) is 6.42. The number of carbonyl (C=O) groups is 1. The van der Waals surface area contributed by atoms with Crippen LogP contribution in [0.4, 0.5) is 0 Å². The molecule has 5 nitrogen and oxygen atoms in total. The molecule has 1 aromatic rings. The highest BCUT2D eigenvalue weighted by atomic mass is 35.5. The Morgan fingerprint density at radius 2 is 2.41 bits per heavy atom. The lowest BCUT2D eigenvalue weighted by molar-refractivity contribution is 0.0958. The van der Waals surface area contributed by atoms with Gasteiger partial charge < -0.3 is 15.4 Å². The van der Waals surface area contributed by atoms with Crippen LogP contribution in [0, 0.1) is 0 Å². The molecule has 1 amide bonds. The molecule has 2 rings (SSSR count). The third-order valence-electron chi connectivity index (χ3n) is 2.51. The van der Waals surface area contributed by atoms with Gasteiger partial charge in [0.25, 0.3) is 5.91 Å². The lowest BCUT2D eigenvalue weighted by Crippen LogP contribution is -2.21. The first-order chi connectivity index (χ1) is 7.79. The quantitative estimate of drug-likeness (QED) is 0.833. The van der Waals surface area contributed by atoms with E-state index in [9.17, 15) is 4.79 Å². The molecular weight excluding hydrogens is 242 g/mol. The summed E-state index contributed by atoms with van der Waals surface area (Å²) in [5, 5.41) is 5.74. The van der Waals surface area contributed by atoms with E-state index in [1.54, 1.807) is 25.4 Å². The molecule has 0 aliphatic carbocycles. The van der Waals surface area contributed by atoms with Crippen molar-refractivity contribution in [3.05, 3.63) is 24.0 Å². The van der Waals surface area contributed by atoms with E-state index >= 15 is 0 Å². The van der Waals surface area contributed by atoms with Crippen molar-refractivity contribution in [2.45, 2.75) is 12.5 Å². The summed E-state index contributed by atoms with van der Waals surface area (Å²) in [5.74, 6) is 0.524. The molecule has 0 saturated carbocycles. The van der Waals surface area contributed by atoms with Gasteiger partial charge in [0.15, 0.2) is 0 Å². The average Bonchev–Trinajstić information content (AvgIpc) is 2.82. The molecule has 0 bridgehead atoms. The minimum absolute atomic E-state index is 0. The molecule has 0 unspecified atom stereocenters. The van der Waals surface area contributed by atoms with E-state index in [0.29, 0.717) is 11.4 Å². The number of nitrogens with zero attached hydrogens (tertiary/aromatic N) is 1. The second-order valence-corrected chi connectivity index (χ2v) is 3.69. The number of hydrogen-bond donors (Lipinski definition) is 2. The fourth-order valence-electron chi connectivity index (χ4n) is 1.63. The summed E-state index contributed by atoms with van der Waals surface area (Å²) < 4.78 is 5.69. The van der Waals surface area contributed by atoms with E-state index in [0.717, 1.165) is 19.5 Å². The monoisotopic (exact) mass is 257 g/mol. The molecule has 1 aliphatic rings. The Morgan fingerprint density at radius 1 is 1.59 bits per heavy atom. The van der Waals surface area contributed by atoms with Gasteiger partial charge in [-0.25, -0.2) is 4.98 Å². The number of ether oxygens (including phenoxy) is 1. The molecular formula is C11H16ClN3O2. The normalized spacial score (nSPS) is 18.3. The van der Waals surface area contributed by atoms with Crippen LogP contribution in [0.25, 0.3) is 0 Å². The summed E-state index contributed by atoms with van der Waals surface area (Å²) >= 11 is 0. The van der Waals surface area contributed by atoms with Crippen molar-refractivity contribution in [3.63, 3.8) is 0 Å². The van der Waals surface area contributed by atoms with E-state index in [4.69, 9.17) is 4.74 Å². The van der Waals surface area contributed by atoms with Gasteiger partial charge in [-0.15, -0.1) is 12.4 Å². The zero-order valence-electron chi connectivity index (χ0n) is 9.60. The largest absolute Gasteiger partial charge is 0.487 e. The molecule has 17 heavy (non-hydrogen) atoms. The third kappa shape index (κ3) is 3.57. The smallest absolute Gasteiger partial charge is 0.269 e. The first-order valence-corrected chi connectivity index (χ1v) is 5.35. The zero-order valence-corrected chi connectivity index (χ0v) is 10.4. The number of amides is 1. The molecule has 1 aliphatic heterocycles. The Labute approximate surface area is 106 Å². The Morgan fingerprint density at radius 3 is 2.94 bits per heavy atom. The standard InChI is InChI=1S/C11H15N3O2.ClH/c1-12-11(15)10-3-2-8(7-14-10)16-9-4-5-13-6-9;/h2-3,7,9,13H,4-6H2,1H3,(H,12,15);1H/t9-;/m1./s1. The Balaban J connectivity index is 0.00000144. The van der Waals surface area contributed by atoms with E-state index in [-0.39, 0.29) is 24.4 Å². The molecule has 94 valence electrons. The maximum absolute atomic E-state index is 11.2. The second-order valence-electron chi connectivity index (χ2n) is 3.69. The fourth-order valence-corrected chi connectivity index (χ4v) is 1.63. The highest BCUT2D eigenvalue weighted by molar-refractivity contribution is 5.91. The van der Waals surface area contributed by atoms with Crippen molar-refractivity contribution < 1.29 is 9.53 Å². The summed E-state index contributed by atoms with van der Waals surface area (Å²) in [6.07, 6.45) is 2.81. The van der Waals surface area contributed by atoms with E-state index in [1.165, 1.54) is 0 Å². The molecule has 1 atom stereocenters. The molecule has 0 radical (unpaired) electrons. The molecule has 2 N–H and O–H groups in total. The fraction of sp³-hybridized carbons (Fsp3) is 0.455. The van der Waals surface area contributed by atoms with Crippen molar-refractivity contribution in [2.75, 3.05) is 20.1 Å². The number of hydrogen-bond acceptors (Lipinski definition) is 4. The molecule has 1 saturated heterocycles. The van der Waals surface area contributed by atoms with Gasteiger partial charge in [-0.2, -0.15) is 0 Å².